The third kappa shape index (κ3) is 20.2. The molecule has 7 rings (SSSR count). The van der Waals surface area contributed by atoms with E-state index < -0.39 is 292 Å². The van der Waals surface area contributed by atoms with Crippen LogP contribution in [0.15, 0.2) is 0 Å². The Morgan fingerprint density at radius 1 is 0.374 bits per heavy atom. The maximum absolute atomic E-state index is 14.1. The van der Waals surface area contributed by atoms with Crippen molar-refractivity contribution in [1.82, 2.24) is 21.3 Å². The minimum atomic E-state index is -4.97. The average molecular weight is 1470 g/mol. The lowest BCUT2D eigenvalue weighted by molar-refractivity contribution is -0.870. The Bertz CT molecular complexity index is 2650. The highest BCUT2D eigenvalue weighted by molar-refractivity contribution is 7.52. The van der Waals surface area contributed by atoms with Crippen LogP contribution in [-0.2, 0) is 89.8 Å². The number of nitrogens with one attached hydrogen (secondary N) is 4. The molecule has 7 saturated heterocycles. The first-order valence-electron chi connectivity index (χ1n) is 31.6. The van der Waals surface area contributed by atoms with E-state index in [1.165, 1.54) is 0 Å². The molecule has 0 aliphatic carbocycles. The second-order valence-corrected chi connectivity index (χ2v) is 27.9. The first-order valence-corrected chi connectivity index (χ1v) is 33.4. The molecule has 574 valence electrons. The molecule has 0 saturated carbocycles. The van der Waals surface area contributed by atoms with Crippen LogP contribution in [0.25, 0.3) is 0 Å². The Morgan fingerprint density at radius 2 is 0.737 bits per heavy atom. The number of amides is 4. The van der Waals surface area contributed by atoms with Crippen LogP contribution in [0.4, 0.5) is 0 Å². The van der Waals surface area contributed by atoms with Gasteiger partial charge in [-0.15, -0.1) is 0 Å². The SMILES string of the molecule is CC(=O)N[C@@H]1[C@@H](O)[C@H](O[C@@H]2O[C@H](CO)[C@@H](O[C@@H]3O[C@H](CO[C@H]4O[C@H](CO)[C@@H](O)[C@H](O)[C@@H]4O)[C@@H](O)[C@H](O[C@H]4O[C@H](CO)[C@@H](O)[C@H](O)[C@@H]4O[C@@H]4O[C@H](CP(=O)(O)OCC[N+](C)(C)C)[C@@H](O[C@@H]5O[C@H](CO)[C@H](O)[C@H](O)[C@H]5NC(C)=O)[C@H](O)[C@H]4NC(C)=O)[C@@H]3O)[C@H](O)[C@H]2NC(C)=O)[C@@H](CO)O[C@H]1O. The number of aliphatic hydroxyl groups is 18. The van der Waals surface area contributed by atoms with Crippen LogP contribution in [0, 0.1) is 0 Å². The summed E-state index contributed by atoms with van der Waals surface area (Å²) in [4.78, 5) is 61.9. The van der Waals surface area contributed by atoms with E-state index in [9.17, 15) is 121 Å². The summed E-state index contributed by atoms with van der Waals surface area (Å²) in [6.45, 7) is -2.42. The number of aliphatic hydroxyl groups excluding tert-OH is 18. The number of likely N-dealkylation sites (N-methyl/N-ethyl adjacent to an activating group) is 1. The van der Waals surface area contributed by atoms with E-state index in [0.717, 1.165) is 27.7 Å². The van der Waals surface area contributed by atoms with E-state index >= 15 is 0 Å². The van der Waals surface area contributed by atoms with Crippen molar-refractivity contribution in [1.29, 1.82) is 0 Å². The van der Waals surface area contributed by atoms with Gasteiger partial charge >= 0.3 is 7.60 Å². The fraction of sp³-hybridized carbons (Fsp3) is 0.927. The van der Waals surface area contributed by atoms with Gasteiger partial charge < -0.3 is 189 Å². The molecule has 1 unspecified atom stereocenters. The largest absolute Gasteiger partial charge is 0.394 e. The van der Waals surface area contributed by atoms with E-state index in [-0.39, 0.29) is 17.6 Å². The Morgan fingerprint density at radius 3 is 1.22 bits per heavy atom. The monoisotopic (exact) mass is 1470 g/mol. The van der Waals surface area contributed by atoms with Crippen LogP contribution < -0.4 is 21.3 Å². The molecular formula is C55H97N5O38P+. The normalized spacial score (nSPS) is 45.2. The highest BCUT2D eigenvalue weighted by Crippen LogP contribution is 2.46. The van der Waals surface area contributed by atoms with Crippen molar-refractivity contribution in [3.8, 4) is 0 Å². The predicted octanol–water partition coefficient (Wildman–Crippen LogP) is -14.8. The molecular weight excluding hydrogens is 1370 g/mol. The molecule has 43 nitrogen and oxygen atoms in total. The minimum Gasteiger partial charge on any atom is -0.394 e. The van der Waals surface area contributed by atoms with Gasteiger partial charge in [0.25, 0.3) is 0 Å². The molecule has 7 aliphatic rings. The molecule has 44 heteroatoms. The third-order valence-corrected chi connectivity index (χ3v) is 18.8. The Kier molecular flexibility index (Phi) is 29.9. The number of carbonyl (C=O) groups is 4. The molecule has 23 N–H and O–H groups in total. The first kappa shape index (κ1) is 83.0. The summed E-state index contributed by atoms with van der Waals surface area (Å²) in [6, 6.07) is -7.17. The molecule has 4 amide bonds. The summed E-state index contributed by atoms with van der Waals surface area (Å²) in [6.07, 6.45) is -64.6. The summed E-state index contributed by atoms with van der Waals surface area (Å²) in [7, 11) is 0.242. The third-order valence-electron chi connectivity index (χ3n) is 17.4. The molecule has 0 spiro atoms. The van der Waals surface area contributed by atoms with Gasteiger partial charge in [-0.05, 0) is 0 Å². The molecule has 0 bridgehead atoms. The fourth-order valence-electron chi connectivity index (χ4n) is 12.2. The van der Waals surface area contributed by atoms with Gasteiger partial charge in [0, 0.05) is 27.7 Å². The quantitative estimate of drug-likeness (QED) is 0.0255. The van der Waals surface area contributed by atoms with Crippen molar-refractivity contribution in [2.24, 2.45) is 0 Å². The van der Waals surface area contributed by atoms with Crippen molar-refractivity contribution in [2.45, 2.75) is 242 Å². The van der Waals surface area contributed by atoms with Crippen LogP contribution in [0.2, 0.25) is 0 Å². The average Bonchev–Trinajstić information content (AvgIpc) is 0.769. The van der Waals surface area contributed by atoms with Gasteiger partial charge in [-0.1, -0.05) is 0 Å². The van der Waals surface area contributed by atoms with Gasteiger partial charge in [0.1, 0.15) is 184 Å². The van der Waals surface area contributed by atoms with Crippen molar-refractivity contribution < 1.29 is 191 Å². The standard InChI is InChI=1S/C55H96N5O38P/c1-17(66)56-28-37(75)44(24(13-64)87-49(28)82)94-51-30(58-19(3)68)38(76)45(25(14-65)91-51)96-54-43(81)47(35(73)26(92-54)15-85-53-42(80)40(78)33(71)22(11-62)89-53)97-55-48(41(79)34(72)23(12-63)90-55)98-52-31(59-20(4)69)39(77)46(27(93-52)16-99(83,84)86-9-8-60(5,6)7)95-50-29(57-18(2)67)36(74)32(70)21(10-61)88-50/h21-55,61-65,70-82H,8-16H2,1-7H3,(H4-,56,57,58,59,66,67,68,69,83,84)/p+1/t21-,22-,23-,24-,25-,26-,27-,28-,29-,30-,31-,32+,33-,34-,35-,36-,37-,38-,39-,40+,41+,42+,43+,44-,45-,46-,47+,48+,49-,50+,51+,52+,53+,54+,55-/m1/s1. The summed E-state index contributed by atoms with van der Waals surface area (Å²) >= 11 is 0. The van der Waals surface area contributed by atoms with Crippen molar-refractivity contribution >= 4 is 31.2 Å². The number of carbonyl (C=O) groups excluding carboxylic acids is 4. The first-order chi connectivity index (χ1) is 46.4. The van der Waals surface area contributed by atoms with E-state index in [0.29, 0.717) is 0 Å². The van der Waals surface area contributed by atoms with Crippen molar-refractivity contribution in [3.63, 3.8) is 0 Å². The summed E-state index contributed by atoms with van der Waals surface area (Å²) < 4.78 is 97.0. The van der Waals surface area contributed by atoms with Gasteiger partial charge in [-0.2, -0.15) is 0 Å². The lowest BCUT2D eigenvalue weighted by atomic mass is 9.93. The zero-order valence-electron chi connectivity index (χ0n) is 54.7. The van der Waals surface area contributed by atoms with Crippen LogP contribution in [-0.4, -0.2) is 420 Å². The van der Waals surface area contributed by atoms with Crippen LogP contribution in [0.3, 0.4) is 0 Å². The van der Waals surface area contributed by atoms with Crippen molar-refractivity contribution in [2.75, 3.05) is 80.1 Å². The number of hydrogen-bond acceptors (Lipinski definition) is 37. The molecule has 0 aromatic heterocycles. The van der Waals surface area contributed by atoms with E-state index in [2.05, 4.69) is 21.3 Å². The van der Waals surface area contributed by atoms with Gasteiger partial charge in [-0.3, -0.25) is 23.7 Å². The molecule has 0 aromatic carbocycles. The zero-order valence-corrected chi connectivity index (χ0v) is 55.6. The second kappa shape index (κ2) is 35.7. The van der Waals surface area contributed by atoms with Gasteiger partial charge in [0.15, 0.2) is 44.0 Å². The van der Waals surface area contributed by atoms with Crippen LogP contribution >= 0.6 is 7.60 Å². The number of ether oxygens (including phenoxy) is 13. The highest BCUT2D eigenvalue weighted by atomic mass is 31.2. The molecule has 0 radical (unpaired) electrons. The number of nitrogens with zero attached hydrogens (tertiary/aromatic N) is 1. The Balaban J connectivity index is 1.25. The molecule has 99 heavy (non-hydrogen) atoms. The number of rotatable bonds is 28. The Labute approximate surface area is 564 Å². The summed E-state index contributed by atoms with van der Waals surface area (Å²) in [5.41, 5.74) is 0. The highest BCUT2D eigenvalue weighted by Gasteiger charge is 2.60. The molecule has 0 aromatic rings. The number of quaternary nitrogens is 1. The van der Waals surface area contributed by atoms with E-state index in [1.807, 2.05) is 0 Å². The lowest BCUT2D eigenvalue weighted by Crippen LogP contribution is -2.71. The second-order valence-electron chi connectivity index (χ2n) is 26.0. The molecule has 7 aliphatic heterocycles. The topological polar surface area (TPSA) is 647 Å². The van der Waals surface area contributed by atoms with Crippen molar-refractivity contribution in [3.05, 3.63) is 0 Å². The van der Waals surface area contributed by atoms with Crippen LogP contribution in [0.1, 0.15) is 27.7 Å². The number of hydrogen-bond donors (Lipinski definition) is 23. The van der Waals surface area contributed by atoms with Gasteiger partial charge in [0.2, 0.25) is 23.6 Å². The summed E-state index contributed by atoms with van der Waals surface area (Å²) in [5.74, 6) is -3.44. The van der Waals surface area contributed by atoms with E-state index in [1.54, 1.807) is 21.1 Å². The maximum atomic E-state index is 14.1. The lowest BCUT2D eigenvalue weighted by Gasteiger charge is -2.51. The molecule has 7 fully saturated rings. The fourth-order valence-corrected chi connectivity index (χ4v) is 13.5. The molecule has 36 atom stereocenters. The Hall–Kier alpha value is -3.25. The summed E-state index contributed by atoms with van der Waals surface area (Å²) in [5, 5.41) is 210. The van der Waals surface area contributed by atoms with E-state index in [4.69, 9.17) is 66.1 Å². The van der Waals surface area contributed by atoms with Gasteiger partial charge in [-0.25, -0.2) is 0 Å². The predicted molar refractivity (Wildman–Crippen MR) is 315 cm³/mol. The smallest absolute Gasteiger partial charge is 0.331 e. The van der Waals surface area contributed by atoms with Crippen LogP contribution in [0.5, 0.6) is 0 Å². The maximum Gasteiger partial charge on any atom is 0.331 e. The van der Waals surface area contributed by atoms with Gasteiger partial charge in [0.05, 0.1) is 66.9 Å². The minimum absolute atomic E-state index is 0.142. The molecule has 7 heterocycles. The zero-order chi connectivity index (χ0) is 73.6.